The lowest BCUT2D eigenvalue weighted by molar-refractivity contribution is -0.149. The van der Waals surface area contributed by atoms with E-state index in [9.17, 15) is 15.0 Å². The summed E-state index contributed by atoms with van der Waals surface area (Å²) in [6.07, 6.45) is 1.82. The van der Waals surface area contributed by atoms with E-state index in [2.05, 4.69) is 0 Å². The molecular formula is C14H18O3. The molecule has 0 heterocycles. The molecule has 0 aromatic heterocycles. The molecule has 2 N–H and O–H groups in total. The highest BCUT2D eigenvalue weighted by atomic mass is 16.4. The van der Waals surface area contributed by atoms with Gasteiger partial charge in [-0.25, -0.2) is 0 Å². The van der Waals surface area contributed by atoms with Crippen LogP contribution in [0.4, 0.5) is 0 Å². The van der Waals surface area contributed by atoms with Crippen LogP contribution < -0.4 is 0 Å². The first kappa shape index (κ1) is 12.1. The third-order valence-corrected chi connectivity index (χ3v) is 3.67. The zero-order valence-corrected chi connectivity index (χ0v) is 10.0. The predicted molar refractivity (Wildman–Crippen MR) is 64.8 cm³/mol. The molecule has 0 amide bonds. The minimum absolute atomic E-state index is 0.435. The number of hydrogen-bond acceptors (Lipinski definition) is 2. The molecule has 17 heavy (non-hydrogen) atoms. The average Bonchev–Trinajstić information content (AvgIpc) is 2.66. The lowest BCUT2D eigenvalue weighted by Crippen LogP contribution is -2.32. The van der Waals surface area contributed by atoms with Crippen LogP contribution in [0.3, 0.4) is 0 Å². The van der Waals surface area contributed by atoms with Gasteiger partial charge >= 0.3 is 5.97 Å². The molecule has 3 heteroatoms. The zero-order chi connectivity index (χ0) is 12.5. The summed E-state index contributed by atoms with van der Waals surface area (Å²) in [6, 6.07) is 7.90. The highest BCUT2D eigenvalue weighted by molar-refractivity contribution is 5.77. The van der Waals surface area contributed by atoms with Crippen LogP contribution in [-0.4, -0.2) is 22.3 Å². The van der Waals surface area contributed by atoms with Gasteiger partial charge in [-0.1, -0.05) is 24.3 Å². The van der Waals surface area contributed by atoms with Crippen molar-refractivity contribution in [3.63, 3.8) is 0 Å². The van der Waals surface area contributed by atoms with Gasteiger partial charge in [0.1, 0.15) is 0 Å². The summed E-state index contributed by atoms with van der Waals surface area (Å²) in [5.74, 6) is -0.741. The number of aliphatic hydroxyl groups is 1. The second-order valence-corrected chi connectivity index (χ2v) is 5.10. The van der Waals surface area contributed by atoms with Crippen molar-refractivity contribution in [1.82, 2.24) is 0 Å². The predicted octanol–water partition coefficient (Wildman–Crippen LogP) is 2.02. The van der Waals surface area contributed by atoms with E-state index in [1.54, 1.807) is 6.92 Å². The molecule has 0 aliphatic heterocycles. The summed E-state index contributed by atoms with van der Waals surface area (Å²) >= 11 is 0. The van der Waals surface area contributed by atoms with Gasteiger partial charge in [-0.3, -0.25) is 4.79 Å². The quantitative estimate of drug-likeness (QED) is 0.838. The second kappa shape index (κ2) is 4.49. The monoisotopic (exact) mass is 234 g/mol. The smallest absolute Gasteiger partial charge is 0.310 e. The number of carboxylic acids is 1. The van der Waals surface area contributed by atoms with E-state index >= 15 is 0 Å². The highest BCUT2D eigenvalue weighted by Gasteiger charge is 2.43. The van der Waals surface area contributed by atoms with Crippen LogP contribution in [-0.2, 0) is 17.6 Å². The van der Waals surface area contributed by atoms with E-state index in [0.29, 0.717) is 25.7 Å². The molecule has 1 aromatic carbocycles. The summed E-state index contributed by atoms with van der Waals surface area (Å²) in [6.45, 7) is 1.71. The van der Waals surface area contributed by atoms with Crippen molar-refractivity contribution >= 4 is 5.97 Å². The van der Waals surface area contributed by atoms with Crippen LogP contribution in [0.5, 0.6) is 0 Å². The van der Waals surface area contributed by atoms with Crippen molar-refractivity contribution in [2.24, 2.45) is 5.41 Å². The number of carbonyl (C=O) groups is 1. The van der Waals surface area contributed by atoms with Crippen LogP contribution >= 0.6 is 0 Å². The largest absolute Gasteiger partial charge is 0.481 e. The fourth-order valence-electron chi connectivity index (χ4n) is 2.61. The molecule has 0 saturated carbocycles. The number of benzene rings is 1. The summed E-state index contributed by atoms with van der Waals surface area (Å²) < 4.78 is 0. The van der Waals surface area contributed by atoms with Crippen molar-refractivity contribution in [2.45, 2.75) is 38.7 Å². The van der Waals surface area contributed by atoms with Crippen molar-refractivity contribution in [1.29, 1.82) is 0 Å². The van der Waals surface area contributed by atoms with E-state index in [-0.39, 0.29) is 0 Å². The Morgan fingerprint density at radius 1 is 1.35 bits per heavy atom. The topological polar surface area (TPSA) is 57.5 Å². The first-order valence-corrected chi connectivity index (χ1v) is 6.02. The van der Waals surface area contributed by atoms with Gasteiger partial charge in [0.25, 0.3) is 0 Å². The molecule has 1 unspecified atom stereocenters. The van der Waals surface area contributed by atoms with Crippen molar-refractivity contribution in [3.8, 4) is 0 Å². The van der Waals surface area contributed by atoms with Gasteiger partial charge in [-0.2, -0.15) is 0 Å². The maximum atomic E-state index is 11.5. The first-order valence-electron chi connectivity index (χ1n) is 6.02. The number of fused-ring (bicyclic) bond motifs is 1. The van der Waals surface area contributed by atoms with Gasteiger partial charge in [-0.05, 0) is 43.7 Å². The Morgan fingerprint density at radius 2 is 1.88 bits per heavy atom. The molecule has 1 aromatic rings. The van der Waals surface area contributed by atoms with Gasteiger partial charge in [0, 0.05) is 0 Å². The Balaban J connectivity index is 2.20. The maximum Gasteiger partial charge on any atom is 0.310 e. The zero-order valence-electron chi connectivity index (χ0n) is 10.0. The van der Waals surface area contributed by atoms with Gasteiger partial charge in [0.2, 0.25) is 0 Å². The molecule has 0 spiro atoms. The normalized spacial score (nSPS) is 18.7. The molecule has 3 nitrogen and oxygen atoms in total. The highest BCUT2D eigenvalue weighted by Crippen LogP contribution is 2.41. The van der Waals surface area contributed by atoms with E-state index in [4.69, 9.17) is 0 Å². The fourth-order valence-corrected chi connectivity index (χ4v) is 2.61. The Labute approximate surface area is 101 Å². The Bertz CT molecular complexity index is 398. The average molecular weight is 234 g/mol. The van der Waals surface area contributed by atoms with E-state index in [1.807, 2.05) is 24.3 Å². The SMILES string of the molecule is CC(O)CCC1(C(=O)O)Cc2ccccc2C1. The maximum absolute atomic E-state index is 11.5. The van der Waals surface area contributed by atoms with E-state index in [1.165, 1.54) is 0 Å². The van der Waals surface area contributed by atoms with Crippen LogP contribution in [0.25, 0.3) is 0 Å². The molecule has 2 rings (SSSR count). The fraction of sp³-hybridized carbons (Fsp3) is 0.500. The minimum atomic E-state index is -0.741. The summed E-state index contributed by atoms with van der Waals surface area (Å²) in [7, 11) is 0. The number of aliphatic carboxylic acids is 1. The molecular weight excluding hydrogens is 216 g/mol. The van der Waals surface area contributed by atoms with Crippen LogP contribution in [0.15, 0.2) is 24.3 Å². The van der Waals surface area contributed by atoms with Crippen molar-refractivity contribution in [3.05, 3.63) is 35.4 Å². The van der Waals surface area contributed by atoms with Gasteiger partial charge in [-0.15, -0.1) is 0 Å². The molecule has 1 atom stereocenters. The Hall–Kier alpha value is -1.35. The van der Waals surface area contributed by atoms with Crippen LogP contribution in [0.1, 0.15) is 30.9 Å². The molecule has 0 saturated heterocycles. The Kier molecular flexibility index (Phi) is 3.20. The summed E-state index contributed by atoms with van der Waals surface area (Å²) in [5.41, 5.74) is 1.57. The number of rotatable bonds is 4. The lowest BCUT2D eigenvalue weighted by Gasteiger charge is -2.24. The third kappa shape index (κ3) is 2.34. The van der Waals surface area contributed by atoms with Gasteiger partial charge < -0.3 is 10.2 Å². The standard InChI is InChI=1S/C14H18O3/c1-10(15)6-7-14(13(16)17)8-11-4-2-3-5-12(11)9-14/h2-5,10,15H,6-9H2,1H3,(H,16,17). The molecule has 0 bridgehead atoms. The summed E-state index contributed by atoms with van der Waals surface area (Å²) in [5, 5.41) is 18.8. The van der Waals surface area contributed by atoms with E-state index in [0.717, 1.165) is 11.1 Å². The first-order chi connectivity index (χ1) is 8.03. The lowest BCUT2D eigenvalue weighted by atomic mass is 9.79. The summed E-state index contributed by atoms with van der Waals surface area (Å²) in [4.78, 5) is 11.5. The van der Waals surface area contributed by atoms with Crippen LogP contribution in [0, 0.1) is 5.41 Å². The van der Waals surface area contributed by atoms with Crippen molar-refractivity contribution < 1.29 is 15.0 Å². The van der Waals surface area contributed by atoms with E-state index < -0.39 is 17.5 Å². The van der Waals surface area contributed by atoms with Gasteiger partial charge in [0.15, 0.2) is 0 Å². The van der Waals surface area contributed by atoms with Crippen molar-refractivity contribution in [2.75, 3.05) is 0 Å². The number of carboxylic acid groups (broad SMARTS) is 1. The molecule has 0 fully saturated rings. The molecule has 0 radical (unpaired) electrons. The molecule has 92 valence electrons. The van der Waals surface area contributed by atoms with Gasteiger partial charge in [0.05, 0.1) is 11.5 Å². The number of hydrogen-bond donors (Lipinski definition) is 2. The Morgan fingerprint density at radius 3 is 2.29 bits per heavy atom. The van der Waals surface area contributed by atoms with Crippen LogP contribution in [0.2, 0.25) is 0 Å². The third-order valence-electron chi connectivity index (χ3n) is 3.67. The minimum Gasteiger partial charge on any atom is -0.481 e. The second-order valence-electron chi connectivity index (χ2n) is 5.10. The molecule has 1 aliphatic rings. The molecule has 1 aliphatic carbocycles. The number of aliphatic hydroxyl groups excluding tert-OH is 1.